The van der Waals surface area contributed by atoms with Gasteiger partial charge in [-0.1, -0.05) is 24.3 Å². The molecule has 0 spiro atoms. The molecule has 0 aliphatic carbocycles. The van der Waals surface area contributed by atoms with Crippen LogP contribution in [-0.2, 0) is 4.79 Å². The van der Waals surface area contributed by atoms with Gasteiger partial charge in [-0.3, -0.25) is 4.79 Å². The molecule has 0 N–H and O–H groups in total. The quantitative estimate of drug-likeness (QED) is 0.664. The van der Waals surface area contributed by atoms with Crippen molar-refractivity contribution in [2.24, 2.45) is 0 Å². The number of hydrogen-bond donors (Lipinski definition) is 0. The normalized spacial score (nSPS) is 12.3. The fourth-order valence-corrected chi connectivity index (χ4v) is 3.59. The molecule has 0 bridgehead atoms. The predicted octanol–water partition coefficient (Wildman–Crippen LogP) is 4.34. The maximum Gasteiger partial charge on any atom is 0.223 e. The van der Waals surface area contributed by atoms with Crippen molar-refractivity contribution in [2.75, 3.05) is 13.1 Å². The van der Waals surface area contributed by atoms with E-state index in [9.17, 15) is 4.79 Å². The summed E-state index contributed by atoms with van der Waals surface area (Å²) in [5, 5.41) is 0. The second-order valence-corrected chi connectivity index (χ2v) is 6.79. The molecule has 0 fully saturated rings. The van der Waals surface area contributed by atoms with E-state index in [0.29, 0.717) is 6.42 Å². The first-order valence-electron chi connectivity index (χ1n) is 9.32. The number of amides is 1. The Balaban J connectivity index is 2.08. The lowest BCUT2D eigenvalue weighted by Gasteiger charge is -2.24. The highest BCUT2D eigenvalue weighted by Gasteiger charge is 2.24. The van der Waals surface area contributed by atoms with Gasteiger partial charge in [0.1, 0.15) is 5.65 Å². The molecule has 1 atom stereocenters. The molecule has 1 aromatic carbocycles. The van der Waals surface area contributed by atoms with Crippen molar-refractivity contribution in [3.8, 4) is 0 Å². The first-order chi connectivity index (χ1) is 12.5. The van der Waals surface area contributed by atoms with Gasteiger partial charge in [-0.15, -0.1) is 0 Å². The number of aryl methyl sites for hydroxylation is 2. The number of carbonyl (C=O) groups excluding carboxylic acids is 1. The van der Waals surface area contributed by atoms with Crippen molar-refractivity contribution in [2.45, 2.75) is 40.0 Å². The summed E-state index contributed by atoms with van der Waals surface area (Å²) in [6, 6.07) is 12.5. The molecule has 136 valence electrons. The minimum atomic E-state index is -0.0120. The van der Waals surface area contributed by atoms with E-state index in [-0.39, 0.29) is 11.8 Å². The topological polar surface area (TPSA) is 37.6 Å². The third-order valence-electron chi connectivity index (χ3n) is 5.11. The fourth-order valence-electron chi connectivity index (χ4n) is 3.59. The lowest BCUT2D eigenvalue weighted by atomic mass is 9.89. The lowest BCUT2D eigenvalue weighted by molar-refractivity contribution is -0.131. The lowest BCUT2D eigenvalue weighted by Crippen LogP contribution is -2.32. The minimum absolute atomic E-state index is 0.0120. The van der Waals surface area contributed by atoms with Gasteiger partial charge in [0.05, 0.1) is 5.69 Å². The van der Waals surface area contributed by atoms with Crippen LogP contribution in [0.5, 0.6) is 0 Å². The predicted molar refractivity (Wildman–Crippen MR) is 105 cm³/mol. The van der Waals surface area contributed by atoms with E-state index < -0.39 is 0 Å². The summed E-state index contributed by atoms with van der Waals surface area (Å²) in [5.41, 5.74) is 5.56. The third-order valence-corrected chi connectivity index (χ3v) is 5.11. The van der Waals surface area contributed by atoms with Gasteiger partial charge in [-0.2, -0.15) is 0 Å². The van der Waals surface area contributed by atoms with E-state index in [2.05, 4.69) is 53.7 Å². The van der Waals surface area contributed by atoms with Gasteiger partial charge in [0.2, 0.25) is 5.91 Å². The maximum atomic E-state index is 12.9. The molecule has 2 heterocycles. The molecule has 1 amide bonds. The molecular weight excluding hydrogens is 322 g/mol. The number of aromatic nitrogens is 2. The highest BCUT2D eigenvalue weighted by Crippen LogP contribution is 2.31. The summed E-state index contributed by atoms with van der Waals surface area (Å²) in [4.78, 5) is 19.4. The molecule has 0 radical (unpaired) electrons. The molecule has 0 saturated heterocycles. The van der Waals surface area contributed by atoms with Crippen molar-refractivity contribution in [3.63, 3.8) is 0 Å². The third kappa shape index (κ3) is 3.50. The van der Waals surface area contributed by atoms with E-state index in [1.807, 2.05) is 37.1 Å². The van der Waals surface area contributed by atoms with Gasteiger partial charge >= 0.3 is 0 Å². The first kappa shape index (κ1) is 18.2. The molecule has 1 unspecified atom stereocenters. The number of carbonyl (C=O) groups is 1. The molecule has 3 aromatic rings. The number of pyridine rings is 1. The Kier molecular flexibility index (Phi) is 5.40. The van der Waals surface area contributed by atoms with E-state index in [4.69, 9.17) is 0 Å². The first-order valence-corrected chi connectivity index (χ1v) is 9.32. The SMILES string of the molecule is CCN(CC)C(=O)CC(c1ccccc1C)c1cnc2cc(C)ccn12. The molecule has 3 rings (SSSR count). The number of imidazole rings is 1. The van der Waals surface area contributed by atoms with Crippen LogP contribution in [0.1, 0.15) is 48.6 Å². The van der Waals surface area contributed by atoms with Crippen LogP contribution in [-0.4, -0.2) is 33.3 Å². The van der Waals surface area contributed by atoms with E-state index in [0.717, 1.165) is 24.4 Å². The summed E-state index contributed by atoms with van der Waals surface area (Å²) < 4.78 is 2.11. The molecule has 0 aliphatic rings. The second-order valence-electron chi connectivity index (χ2n) is 6.79. The zero-order valence-corrected chi connectivity index (χ0v) is 16.1. The number of hydrogen-bond acceptors (Lipinski definition) is 2. The average molecular weight is 349 g/mol. The van der Waals surface area contributed by atoms with Crippen LogP contribution in [0.25, 0.3) is 5.65 Å². The highest BCUT2D eigenvalue weighted by atomic mass is 16.2. The van der Waals surface area contributed by atoms with Crippen LogP contribution in [0.4, 0.5) is 0 Å². The van der Waals surface area contributed by atoms with E-state index >= 15 is 0 Å². The molecule has 0 saturated carbocycles. The van der Waals surface area contributed by atoms with Crippen molar-refractivity contribution in [3.05, 3.63) is 71.2 Å². The summed E-state index contributed by atoms with van der Waals surface area (Å²) in [7, 11) is 0. The molecule has 4 heteroatoms. The van der Waals surface area contributed by atoms with Crippen molar-refractivity contribution >= 4 is 11.6 Å². The highest BCUT2D eigenvalue weighted by molar-refractivity contribution is 5.77. The zero-order valence-electron chi connectivity index (χ0n) is 16.1. The van der Waals surface area contributed by atoms with Crippen LogP contribution in [0.3, 0.4) is 0 Å². The molecular formula is C22H27N3O. The summed E-state index contributed by atoms with van der Waals surface area (Å²) in [6.07, 6.45) is 4.43. The standard InChI is InChI=1S/C22H27N3O/c1-5-24(6-2)22(26)14-19(18-10-8-7-9-17(18)4)20-15-23-21-13-16(3)11-12-25(20)21/h7-13,15,19H,5-6,14H2,1-4H3. The van der Waals surface area contributed by atoms with Crippen LogP contribution in [0, 0.1) is 13.8 Å². The Bertz CT molecular complexity index is 909. The fraction of sp³-hybridized carbons (Fsp3) is 0.364. The molecule has 26 heavy (non-hydrogen) atoms. The van der Waals surface area contributed by atoms with Gasteiger partial charge in [-0.05, 0) is 56.5 Å². The van der Waals surface area contributed by atoms with Gasteiger partial charge < -0.3 is 9.30 Å². The Morgan fingerprint density at radius 2 is 1.88 bits per heavy atom. The number of fused-ring (bicyclic) bond motifs is 1. The zero-order chi connectivity index (χ0) is 18.7. The largest absolute Gasteiger partial charge is 0.343 e. The van der Waals surface area contributed by atoms with Crippen molar-refractivity contribution in [1.82, 2.24) is 14.3 Å². The Hall–Kier alpha value is -2.62. The Morgan fingerprint density at radius 3 is 2.58 bits per heavy atom. The second kappa shape index (κ2) is 7.73. The average Bonchev–Trinajstić information content (AvgIpc) is 3.04. The van der Waals surface area contributed by atoms with Crippen LogP contribution in [0.2, 0.25) is 0 Å². The van der Waals surface area contributed by atoms with E-state index in [1.165, 1.54) is 16.7 Å². The number of benzene rings is 1. The Morgan fingerprint density at radius 1 is 1.15 bits per heavy atom. The van der Waals surface area contributed by atoms with Gasteiger partial charge in [0, 0.05) is 37.8 Å². The number of nitrogens with zero attached hydrogens (tertiary/aromatic N) is 3. The van der Waals surface area contributed by atoms with E-state index in [1.54, 1.807) is 0 Å². The van der Waals surface area contributed by atoms with Gasteiger partial charge in [0.25, 0.3) is 0 Å². The Labute approximate surface area is 155 Å². The number of rotatable bonds is 6. The summed E-state index contributed by atoms with van der Waals surface area (Å²) >= 11 is 0. The smallest absolute Gasteiger partial charge is 0.223 e. The minimum Gasteiger partial charge on any atom is -0.343 e. The van der Waals surface area contributed by atoms with Crippen LogP contribution in [0.15, 0.2) is 48.8 Å². The van der Waals surface area contributed by atoms with Crippen LogP contribution >= 0.6 is 0 Å². The summed E-state index contributed by atoms with van der Waals surface area (Å²) in [6.45, 7) is 9.71. The maximum absolute atomic E-state index is 12.9. The molecule has 2 aromatic heterocycles. The van der Waals surface area contributed by atoms with Crippen molar-refractivity contribution in [1.29, 1.82) is 0 Å². The van der Waals surface area contributed by atoms with Gasteiger partial charge in [0.15, 0.2) is 0 Å². The van der Waals surface area contributed by atoms with Crippen LogP contribution < -0.4 is 0 Å². The monoisotopic (exact) mass is 349 g/mol. The van der Waals surface area contributed by atoms with Crippen molar-refractivity contribution < 1.29 is 4.79 Å². The van der Waals surface area contributed by atoms with Gasteiger partial charge in [-0.25, -0.2) is 4.98 Å². The molecule has 4 nitrogen and oxygen atoms in total. The molecule has 0 aliphatic heterocycles. The summed E-state index contributed by atoms with van der Waals surface area (Å²) in [5.74, 6) is 0.173.